The number of benzene rings is 3. The highest BCUT2D eigenvalue weighted by Gasteiger charge is 2.28. The largest absolute Gasteiger partial charge is 0.445 e. The Labute approximate surface area is 220 Å². The molecule has 7 nitrogen and oxygen atoms in total. The molecule has 0 unspecified atom stereocenters. The van der Waals surface area contributed by atoms with Crippen molar-refractivity contribution in [3.05, 3.63) is 101 Å². The van der Waals surface area contributed by atoms with Crippen molar-refractivity contribution in [3.8, 4) is 16.9 Å². The molecule has 1 fully saturated rings. The lowest BCUT2D eigenvalue weighted by Crippen LogP contribution is -2.33. The molecule has 0 aliphatic heterocycles. The van der Waals surface area contributed by atoms with E-state index >= 15 is 0 Å². The second-order valence-electron chi connectivity index (χ2n) is 9.59. The molecule has 3 aromatic carbocycles. The smallest absolute Gasteiger partial charge is 0.407 e. The Kier molecular flexibility index (Phi) is 7.83. The molecule has 4 aromatic rings. The van der Waals surface area contributed by atoms with Crippen LogP contribution in [-0.2, 0) is 16.1 Å². The van der Waals surface area contributed by atoms with Crippen LogP contribution in [0.1, 0.15) is 31.2 Å². The summed E-state index contributed by atoms with van der Waals surface area (Å²) in [4.78, 5) is 37.3. The van der Waals surface area contributed by atoms with E-state index in [0.29, 0.717) is 36.3 Å². The number of carbonyl (C=O) groups is 2. The van der Waals surface area contributed by atoms with Crippen molar-refractivity contribution < 1.29 is 23.5 Å². The second-order valence-corrected chi connectivity index (χ2v) is 9.59. The van der Waals surface area contributed by atoms with Crippen molar-refractivity contribution in [2.24, 2.45) is 11.8 Å². The molecule has 1 aliphatic carbocycles. The summed E-state index contributed by atoms with van der Waals surface area (Å²) in [5.74, 6) is 0.140. The zero-order valence-electron chi connectivity index (χ0n) is 20.9. The van der Waals surface area contributed by atoms with E-state index in [1.54, 1.807) is 24.3 Å². The Balaban J connectivity index is 1.10. The number of nitrogens with one attached hydrogen (secondary N) is 1. The summed E-state index contributed by atoms with van der Waals surface area (Å²) < 4.78 is 16.4. The number of alkyl carbamates (subject to hydrolysis) is 1. The summed E-state index contributed by atoms with van der Waals surface area (Å²) in [5.41, 5.74) is 2.14. The van der Waals surface area contributed by atoms with Crippen molar-refractivity contribution in [2.45, 2.75) is 32.3 Å². The summed E-state index contributed by atoms with van der Waals surface area (Å²) in [6.07, 6.45) is 2.57. The van der Waals surface area contributed by atoms with Crippen LogP contribution < -0.4 is 15.7 Å². The van der Waals surface area contributed by atoms with Crippen LogP contribution in [0.15, 0.2) is 94.1 Å². The third-order valence-corrected chi connectivity index (χ3v) is 6.94. The Hall–Kier alpha value is -4.39. The molecule has 1 aromatic heterocycles. The van der Waals surface area contributed by atoms with E-state index in [9.17, 15) is 14.4 Å². The van der Waals surface area contributed by atoms with Crippen LogP contribution in [-0.4, -0.2) is 18.6 Å². The predicted molar refractivity (Wildman–Crippen MR) is 144 cm³/mol. The van der Waals surface area contributed by atoms with Crippen LogP contribution in [0.4, 0.5) is 4.79 Å². The van der Waals surface area contributed by atoms with Crippen LogP contribution >= 0.6 is 0 Å². The Morgan fingerprint density at radius 3 is 2.32 bits per heavy atom. The third kappa shape index (κ3) is 6.29. The van der Waals surface area contributed by atoms with Gasteiger partial charge in [-0.15, -0.1) is 0 Å². The number of esters is 1. The first-order chi connectivity index (χ1) is 18.5. The molecule has 1 heterocycles. The first-order valence-corrected chi connectivity index (χ1v) is 12.8. The summed E-state index contributed by atoms with van der Waals surface area (Å²) in [6.45, 7) is 0.752. The minimum absolute atomic E-state index is 0.209. The fourth-order valence-electron chi connectivity index (χ4n) is 4.78. The minimum atomic E-state index is -0.442. The maximum absolute atomic E-state index is 12.8. The monoisotopic (exact) mass is 511 g/mol. The first kappa shape index (κ1) is 25.3. The molecule has 0 spiro atoms. The molecule has 0 bridgehead atoms. The summed E-state index contributed by atoms with van der Waals surface area (Å²) in [7, 11) is 0. The molecule has 0 radical (unpaired) electrons. The zero-order valence-corrected chi connectivity index (χ0v) is 20.9. The van der Waals surface area contributed by atoms with Gasteiger partial charge in [0.1, 0.15) is 17.9 Å². The predicted octanol–water partition coefficient (Wildman–Crippen LogP) is 6.10. The average molecular weight is 512 g/mol. The Morgan fingerprint density at radius 2 is 1.58 bits per heavy atom. The van der Waals surface area contributed by atoms with E-state index in [1.807, 2.05) is 60.7 Å². The van der Waals surface area contributed by atoms with Crippen molar-refractivity contribution in [2.75, 3.05) is 6.54 Å². The number of amides is 1. The standard InChI is InChI=1S/C31H29NO6/c33-29(24-13-11-21(12-14-24)19-32-31(35)36-20-22-7-3-1-4-8-22)37-26-16-15-25-17-27(23-9-5-2-6-10-23)30(34)38-28(25)18-26/h1-10,15-18,21,24H,11-14,19-20H2,(H,32,35). The van der Waals surface area contributed by atoms with Crippen LogP contribution in [0, 0.1) is 11.8 Å². The molecule has 0 saturated heterocycles. The molecule has 7 heteroatoms. The molecular formula is C31H29NO6. The lowest BCUT2D eigenvalue weighted by atomic mass is 9.82. The van der Waals surface area contributed by atoms with E-state index in [2.05, 4.69) is 5.32 Å². The van der Waals surface area contributed by atoms with Gasteiger partial charge in [-0.1, -0.05) is 60.7 Å². The van der Waals surface area contributed by atoms with Gasteiger partial charge in [0.05, 0.1) is 11.5 Å². The maximum Gasteiger partial charge on any atom is 0.407 e. The van der Waals surface area contributed by atoms with Gasteiger partial charge in [-0.2, -0.15) is 0 Å². The van der Waals surface area contributed by atoms with Crippen LogP contribution in [0.2, 0.25) is 0 Å². The Bertz CT molecular complexity index is 1460. The first-order valence-electron chi connectivity index (χ1n) is 12.8. The fraction of sp³-hybridized carbons (Fsp3) is 0.258. The molecule has 38 heavy (non-hydrogen) atoms. The minimum Gasteiger partial charge on any atom is -0.445 e. The molecule has 194 valence electrons. The lowest BCUT2D eigenvalue weighted by Gasteiger charge is -2.27. The topological polar surface area (TPSA) is 94.8 Å². The quantitative estimate of drug-likeness (QED) is 0.183. The van der Waals surface area contributed by atoms with Crippen molar-refractivity contribution in [1.82, 2.24) is 5.32 Å². The van der Waals surface area contributed by atoms with Gasteiger partial charge in [-0.05, 0) is 60.9 Å². The molecular weight excluding hydrogens is 482 g/mol. The highest BCUT2D eigenvalue weighted by Crippen LogP contribution is 2.31. The van der Waals surface area contributed by atoms with Crippen molar-refractivity contribution in [1.29, 1.82) is 0 Å². The van der Waals surface area contributed by atoms with Crippen molar-refractivity contribution >= 4 is 23.0 Å². The molecule has 1 amide bonds. The number of ether oxygens (including phenoxy) is 2. The van der Waals surface area contributed by atoms with Gasteiger partial charge in [0.25, 0.3) is 0 Å². The SMILES string of the molecule is O=C(NCC1CCC(C(=O)Oc2ccc3cc(-c4ccccc4)c(=O)oc3c2)CC1)OCc1ccccc1. The average Bonchev–Trinajstić information content (AvgIpc) is 2.96. The van der Waals surface area contributed by atoms with Gasteiger partial charge in [-0.25, -0.2) is 9.59 Å². The summed E-state index contributed by atoms with van der Waals surface area (Å²) in [6, 6.07) is 25.7. The van der Waals surface area contributed by atoms with Gasteiger partial charge >= 0.3 is 17.7 Å². The fourth-order valence-corrected chi connectivity index (χ4v) is 4.78. The van der Waals surface area contributed by atoms with E-state index in [0.717, 1.165) is 29.4 Å². The number of hydrogen-bond donors (Lipinski definition) is 1. The van der Waals surface area contributed by atoms with Crippen LogP contribution in [0.5, 0.6) is 5.75 Å². The normalized spacial score (nSPS) is 17.1. The second kappa shape index (κ2) is 11.8. The van der Waals surface area contributed by atoms with Gasteiger partial charge in [-0.3, -0.25) is 4.79 Å². The zero-order chi connectivity index (χ0) is 26.3. The number of carbonyl (C=O) groups excluding carboxylic acids is 2. The van der Waals surface area contributed by atoms with E-state index < -0.39 is 11.7 Å². The molecule has 1 saturated carbocycles. The Morgan fingerprint density at radius 1 is 0.868 bits per heavy atom. The van der Waals surface area contributed by atoms with Crippen LogP contribution in [0.3, 0.4) is 0 Å². The van der Waals surface area contributed by atoms with E-state index in [1.165, 1.54) is 0 Å². The number of rotatable bonds is 7. The summed E-state index contributed by atoms with van der Waals surface area (Å²) in [5, 5.41) is 3.58. The number of hydrogen-bond acceptors (Lipinski definition) is 6. The van der Waals surface area contributed by atoms with E-state index in [4.69, 9.17) is 13.9 Å². The molecule has 5 rings (SSSR count). The van der Waals surface area contributed by atoms with Gasteiger partial charge < -0.3 is 19.2 Å². The van der Waals surface area contributed by atoms with Gasteiger partial charge in [0, 0.05) is 18.0 Å². The number of fused-ring (bicyclic) bond motifs is 1. The van der Waals surface area contributed by atoms with E-state index in [-0.39, 0.29) is 24.4 Å². The third-order valence-electron chi connectivity index (χ3n) is 6.94. The highest BCUT2D eigenvalue weighted by atomic mass is 16.5. The molecule has 1 N–H and O–H groups in total. The highest BCUT2D eigenvalue weighted by molar-refractivity contribution is 5.84. The van der Waals surface area contributed by atoms with Crippen molar-refractivity contribution in [3.63, 3.8) is 0 Å². The molecule has 1 aliphatic rings. The van der Waals surface area contributed by atoms with Gasteiger partial charge in [0.15, 0.2) is 0 Å². The summed E-state index contributed by atoms with van der Waals surface area (Å²) >= 11 is 0. The van der Waals surface area contributed by atoms with Gasteiger partial charge in [0.2, 0.25) is 0 Å². The van der Waals surface area contributed by atoms with Crippen LogP contribution in [0.25, 0.3) is 22.1 Å². The maximum atomic E-state index is 12.8. The lowest BCUT2D eigenvalue weighted by molar-refractivity contribution is -0.140. The molecule has 0 atom stereocenters.